The van der Waals surface area contributed by atoms with Gasteiger partial charge in [-0.1, -0.05) is 20.3 Å². The summed E-state index contributed by atoms with van der Waals surface area (Å²) >= 11 is 0. The van der Waals surface area contributed by atoms with Crippen LogP contribution in [0.15, 0.2) is 12.1 Å². The van der Waals surface area contributed by atoms with Gasteiger partial charge in [-0.3, -0.25) is 4.79 Å². The van der Waals surface area contributed by atoms with Gasteiger partial charge in [0.1, 0.15) is 5.82 Å². The van der Waals surface area contributed by atoms with Crippen molar-refractivity contribution in [2.24, 2.45) is 5.92 Å². The predicted molar refractivity (Wildman–Crippen MR) is 72.6 cm³/mol. The molecule has 2 N–H and O–H groups in total. The van der Waals surface area contributed by atoms with Crippen LogP contribution in [0, 0.1) is 5.92 Å². The average molecular weight is 250 g/mol. The molecule has 0 spiro atoms. The molecule has 0 fully saturated rings. The molecule has 2 atom stereocenters. The Bertz CT molecular complexity index is 377. The number of nitrogens with zero attached hydrogens (tertiary/aromatic N) is 2. The third-order valence-electron chi connectivity index (χ3n) is 2.98. The Morgan fingerprint density at radius 2 is 2.06 bits per heavy atom. The highest BCUT2D eigenvalue weighted by Crippen LogP contribution is 2.10. The van der Waals surface area contributed by atoms with Crippen molar-refractivity contribution in [1.29, 1.82) is 0 Å². The SMILES string of the molecule is CCC(C)CC(C)NC(=O)c1ccc(NC)nn1. The summed E-state index contributed by atoms with van der Waals surface area (Å²) in [5.74, 6) is 1.10. The summed E-state index contributed by atoms with van der Waals surface area (Å²) in [6.45, 7) is 6.35. The number of nitrogens with one attached hydrogen (secondary N) is 2. The molecule has 0 aromatic carbocycles. The van der Waals surface area contributed by atoms with E-state index in [9.17, 15) is 4.79 Å². The fraction of sp³-hybridized carbons (Fsp3) is 0.615. The first-order valence-electron chi connectivity index (χ1n) is 6.39. The Morgan fingerprint density at radius 3 is 2.56 bits per heavy atom. The first kappa shape index (κ1) is 14.4. The van der Waals surface area contributed by atoms with Gasteiger partial charge >= 0.3 is 0 Å². The summed E-state index contributed by atoms with van der Waals surface area (Å²) in [7, 11) is 1.76. The number of rotatable bonds is 6. The Morgan fingerprint density at radius 1 is 1.33 bits per heavy atom. The number of amides is 1. The van der Waals surface area contributed by atoms with Gasteiger partial charge in [0.05, 0.1) is 0 Å². The van der Waals surface area contributed by atoms with Crippen LogP contribution in [-0.2, 0) is 0 Å². The second-order valence-electron chi connectivity index (χ2n) is 4.68. The van der Waals surface area contributed by atoms with E-state index in [0.717, 1.165) is 12.8 Å². The summed E-state index contributed by atoms with van der Waals surface area (Å²) in [6.07, 6.45) is 2.10. The topological polar surface area (TPSA) is 66.9 Å². The Kier molecular flexibility index (Phi) is 5.55. The molecule has 0 radical (unpaired) electrons. The maximum Gasteiger partial charge on any atom is 0.272 e. The minimum atomic E-state index is -0.166. The second kappa shape index (κ2) is 6.93. The van der Waals surface area contributed by atoms with E-state index in [2.05, 4.69) is 34.7 Å². The molecule has 0 bridgehead atoms. The Labute approximate surface area is 108 Å². The zero-order chi connectivity index (χ0) is 13.5. The number of hydrogen-bond donors (Lipinski definition) is 2. The molecule has 5 heteroatoms. The first-order valence-corrected chi connectivity index (χ1v) is 6.39. The van der Waals surface area contributed by atoms with Gasteiger partial charge in [0, 0.05) is 13.1 Å². The second-order valence-corrected chi connectivity index (χ2v) is 4.68. The van der Waals surface area contributed by atoms with Crippen molar-refractivity contribution < 1.29 is 4.79 Å². The molecule has 18 heavy (non-hydrogen) atoms. The third-order valence-corrected chi connectivity index (χ3v) is 2.98. The van der Waals surface area contributed by atoms with Gasteiger partial charge in [-0.2, -0.15) is 0 Å². The van der Waals surface area contributed by atoms with Gasteiger partial charge in [-0.25, -0.2) is 0 Å². The number of carbonyl (C=O) groups excluding carboxylic acids is 1. The summed E-state index contributed by atoms with van der Waals surface area (Å²) in [5, 5.41) is 13.6. The largest absolute Gasteiger partial charge is 0.372 e. The molecule has 1 rings (SSSR count). The van der Waals surface area contributed by atoms with Crippen LogP contribution in [0.2, 0.25) is 0 Å². The summed E-state index contributed by atoms with van der Waals surface area (Å²) in [6, 6.07) is 3.56. The predicted octanol–water partition coefficient (Wildman–Crippen LogP) is 2.07. The van der Waals surface area contributed by atoms with Gasteiger partial charge in [0.25, 0.3) is 5.91 Å². The van der Waals surface area contributed by atoms with E-state index < -0.39 is 0 Å². The number of hydrogen-bond acceptors (Lipinski definition) is 4. The van der Waals surface area contributed by atoms with Crippen molar-refractivity contribution in [3.05, 3.63) is 17.8 Å². The maximum absolute atomic E-state index is 11.9. The normalized spacial score (nSPS) is 13.8. The van der Waals surface area contributed by atoms with E-state index in [1.165, 1.54) is 0 Å². The van der Waals surface area contributed by atoms with Crippen LogP contribution >= 0.6 is 0 Å². The number of carbonyl (C=O) groups is 1. The molecule has 2 unspecified atom stereocenters. The molecule has 1 aromatic rings. The molecular weight excluding hydrogens is 228 g/mol. The molecule has 0 aliphatic carbocycles. The standard InChI is InChI=1S/C13H22N4O/c1-5-9(2)8-10(3)15-13(18)11-6-7-12(14-4)17-16-11/h6-7,9-10H,5,8H2,1-4H3,(H,14,17)(H,15,18). The quantitative estimate of drug-likeness (QED) is 0.811. The van der Waals surface area contributed by atoms with Crippen LogP contribution in [0.5, 0.6) is 0 Å². The smallest absolute Gasteiger partial charge is 0.272 e. The summed E-state index contributed by atoms with van der Waals surface area (Å²) in [5.41, 5.74) is 0.352. The van der Waals surface area contributed by atoms with Crippen LogP contribution in [-0.4, -0.2) is 29.2 Å². The lowest BCUT2D eigenvalue weighted by Gasteiger charge is -2.17. The van der Waals surface area contributed by atoms with Gasteiger partial charge in [-0.05, 0) is 31.4 Å². The molecule has 0 aliphatic heterocycles. The minimum absolute atomic E-state index is 0.151. The molecule has 1 heterocycles. The van der Waals surface area contributed by atoms with E-state index in [-0.39, 0.29) is 11.9 Å². The van der Waals surface area contributed by atoms with Gasteiger partial charge in [0.2, 0.25) is 0 Å². The van der Waals surface area contributed by atoms with Crippen LogP contribution in [0.1, 0.15) is 44.1 Å². The van der Waals surface area contributed by atoms with E-state index in [1.807, 2.05) is 6.92 Å². The van der Waals surface area contributed by atoms with Crippen molar-refractivity contribution in [3.63, 3.8) is 0 Å². The highest BCUT2D eigenvalue weighted by molar-refractivity contribution is 5.92. The van der Waals surface area contributed by atoms with Crippen LogP contribution in [0.3, 0.4) is 0 Å². The molecule has 1 amide bonds. The number of aromatic nitrogens is 2. The van der Waals surface area contributed by atoms with Gasteiger partial charge in [0.15, 0.2) is 5.69 Å². The molecule has 100 valence electrons. The van der Waals surface area contributed by atoms with Gasteiger partial charge < -0.3 is 10.6 Å². The van der Waals surface area contributed by atoms with Crippen molar-refractivity contribution in [3.8, 4) is 0 Å². The van der Waals surface area contributed by atoms with Crippen LogP contribution in [0.25, 0.3) is 0 Å². The molecule has 5 nitrogen and oxygen atoms in total. The van der Waals surface area contributed by atoms with E-state index in [4.69, 9.17) is 0 Å². The molecule has 0 aliphatic rings. The third kappa shape index (κ3) is 4.31. The molecule has 0 saturated carbocycles. The fourth-order valence-electron chi connectivity index (χ4n) is 1.71. The lowest BCUT2D eigenvalue weighted by molar-refractivity contribution is 0.0929. The number of anilines is 1. The summed E-state index contributed by atoms with van der Waals surface area (Å²) < 4.78 is 0. The maximum atomic E-state index is 11.9. The lowest BCUT2D eigenvalue weighted by atomic mass is 10.0. The molecule has 0 saturated heterocycles. The van der Waals surface area contributed by atoms with E-state index in [1.54, 1.807) is 19.2 Å². The minimum Gasteiger partial charge on any atom is -0.372 e. The van der Waals surface area contributed by atoms with Crippen molar-refractivity contribution in [2.75, 3.05) is 12.4 Å². The van der Waals surface area contributed by atoms with Crippen LogP contribution in [0.4, 0.5) is 5.82 Å². The van der Waals surface area contributed by atoms with Crippen molar-refractivity contribution in [1.82, 2.24) is 15.5 Å². The van der Waals surface area contributed by atoms with Gasteiger partial charge in [-0.15, -0.1) is 10.2 Å². The van der Waals surface area contributed by atoms with Crippen molar-refractivity contribution in [2.45, 2.75) is 39.7 Å². The molecule has 1 aromatic heterocycles. The van der Waals surface area contributed by atoms with E-state index in [0.29, 0.717) is 17.4 Å². The highest BCUT2D eigenvalue weighted by atomic mass is 16.2. The van der Waals surface area contributed by atoms with Crippen molar-refractivity contribution >= 4 is 11.7 Å². The highest BCUT2D eigenvalue weighted by Gasteiger charge is 2.13. The summed E-state index contributed by atoms with van der Waals surface area (Å²) in [4.78, 5) is 11.9. The fourth-order valence-corrected chi connectivity index (χ4v) is 1.71. The van der Waals surface area contributed by atoms with E-state index >= 15 is 0 Å². The zero-order valence-electron chi connectivity index (χ0n) is 11.5. The molecular formula is C13H22N4O. The first-order chi connectivity index (χ1) is 8.56. The average Bonchev–Trinajstić information content (AvgIpc) is 2.38. The zero-order valence-corrected chi connectivity index (χ0v) is 11.5. The van der Waals surface area contributed by atoms with Crippen LogP contribution < -0.4 is 10.6 Å². The Hall–Kier alpha value is -1.65. The Balaban J connectivity index is 2.53. The monoisotopic (exact) mass is 250 g/mol. The lowest BCUT2D eigenvalue weighted by Crippen LogP contribution is -2.34.